The normalized spacial score (nSPS) is 13.8. The monoisotopic (exact) mass is 191 g/mol. The van der Waals surface area contributed by atoms with Crippen molar-refractivity contribution in [1.82, 2.24) is 0 Å². The molecule has 1 aliphatic carbocycles. The van der Waals surface area contributed by atoms with Gasteiger partial charge < -0.3 is 0 Å². The van der Waals surface area contributed by atoms with Crippen molar-refractivity contribution in [1.29, 1.82) is 5.26 Å². The minimum absolute atomic E-state index is 0.311. The lowest BCUT2D eigenvalue weighted by molar-refractivity contribution is 0.627. The highest BCUT2D eigenvalue weighted by atomic mass is 19.1. The SMILES string of the molecule is CCC1CC1.N#Cc1ccc(F)cc1. The number of hydrogen-bond acceptors (Lipinski definition) is 1. The highest BCUT2D eigenvalue weighted by molar-refractivity contribution is 5.28. The minimum atomic E-state index is -0.311. The van der Waals surface area contributed by atoms with Crippen LogP contribution in [-0.2, 0) is 0 Å². The molecular weight excluding hydrogens is 177 g/mol. The van der Waals surface area contributed by atoms with E-state index < -0.39 is 0 Å². The Bertz CT molecular complexity index is 306. The smallest absolute Gasteiger partial charge is 0.123 e. The van der Waals surface area contributed by atoms with Crippen molar-refractivity contribution in [2.45, 2.75) is 26.2 Å². The van der Waals surface area contributed by atoms with Crippen LogP contribution in [0.15, 0.2) is 24.3 Å². The fourth-order valence-electron chi connectivity index (χ4n) is 1.05. The lowest BCUT2D eigenvalue weighted by Crippen LogP contribution is -1.73. The van der Waals surface area contributed by atoms with Crippen LogP contribution in [0.2, 0.25) is 0 Å². The van der Waals surface area contributed by atoms with Crippen LogP contribution in [-0.4, -0.2) is 0 Å². The summed E-state index contributed by atoms with van der Waals surface area (Å²) in [6, 6.07) is 7.29. The molecule has 0 N–H and O–H groups in total. The molecule has 0 amide bonds. The Hall–Kier alpha value is -1.36. The first-order valence-electron chi connectivity index (χ1n) is 4.92. The van der Waals surface area contributed by atoms with Gasteiger partial charge in [-0.1, -0.05) is 26.2 Å². The third-order valence-electron chi connectivity index (χ3n) is 2.25. The van der Waals surface area contributed by atoms with E-state index in [0.717, 1.165) is 5.92 Å². The van der Waals surface area contributed by atoms with E-state index in [4.69, 9.17) is 5.26 Å². The standard InChI is InChI=1S/C7H4FN.C5H10/c8-7-3-1-6(5-9)2-4-7;1-2-5-3-4-5/h1-4H;5H,2-4H2,1H3. The molecule has 0 spiro atoms. The second kappa shape index (κ2) is 5.39. The van der Waals surface area contributed by atoms with Crippen LogP contribution in [0.4, 0.5) is 4.39 Å². The molecule has 0 atom stereocenters. The van der Waals surface area contributed by atoms with Crippen molar-refractivity contribution in [3.8, 4) is 6.07 Å². The minimum Gasteiger partial charge on any atom is -0.207 e. The number of nitriles is 1. The van der Waals surface area contributed by atoms with E-state index in [1.165, 1.54) is 43.5 Å². The number of rotatable bonds is 1. The topological polar surface area (TPSA) is 23.8 Å². The van der Waals surface area contributed by atoms with Gasteiger partial charge in [0.05, 0.1) is 11.6 Å². The molecular formula is C12H14FN. The second-order valence-corrected chi connectivity index (χ2v) is 3.47. The molecule has 1 aromatic carbocycles. The molecule has 1 nitrogen and oxygen atoms in total. The van der Waals surface area contributed by atoms with Crippen LogP contribution in [0.5, 0.6) is 0 Å². The summed E-state index contributed by atoms with van der Waals surface area (Å²) in [7, 11) is 0. The van der Waals surface area contributed by atoms with Gasteiger partial charge in [0, 0.05) is 0 Å². The summed E-state index contributed by atoms with van der Waals surface area (Å²) >= 11 is 0. The maximum absolute atomic E-state index is 12.1. The lowest BCUT2D eigenvalue weighted by Gasteiger charge is -1.84. The zero-order valence-corrected chi connectivity index (χ0v) is 8.33. The third kappa shape index (κ3) is 4.04. The van der Waals surface area contributed by atoms with E-state index in [-0.39, 0.29) is 5.82 Å². The summed E-state index contributed by atoms with van der Waals surface area (Å²) < 4.78 is 12.1. The average molecular weight is 191 g/mol. The summed E-state index contributed by atoms with van der Waals surface area (Å²) in [5.74, 6) is 0.823. The van der Waals surface area contributed by atoms with Crippen molar-refractivity contribution in [2.24, 2.45) is 5.92 Å². The van der Waals surface area contributed by atoms with Crippen molar-refractivity contribution < 1.29 is 4.39 Å². The zero-order chi connectivity index (χ0) is 10.4. The largest absolute Gasteiger partial charge is 0.207 e. The second-order valence-electron chi connectivity index (χ2n) is 3.47. The molecule has 0 radical (unpaired) electrons. The molecule has 1 saturated carbocycles. The van der Waals surface area contributed by atoms with E-state index in [1.54, 1.807) is 0 Å². The fourth-order valence-corrected chi connectivity index (χ4v) is 1.05. The summed E-state index contributed by atoms with van der Waals surface area (Å²) in [6.07, 6.45) is 4.44. The zero-order valence-electron chi connectivity index (χ0n) is 8.33. The van der Waals surface area contributed by atoms with Crippen molar-refractivity contribution in [3.63, 3.8) is 0 Å². The number of nitrogens with zero attached hydrogens (tertiary/aromatic N) is 1. The van der Waals surface area contributed by atoms with Gasteiger partial charge in [-0.3, -0.25) is 0 Å². The summed E-state index contributed by atoms with van der Waals surface area (Å²) in [5.41, 5.74) is 0.483. The maximum atomic E-state index is 12.1. The van der Waals surface area contributed by atoms with Gasteiger partial charge >= 0.3 is 0 Å². The van der Waals surface area contributed by atoms with Crippen molar-refractivity contribution in [3.05, 3.63) is 35.6 Å². The Morgan fingerprint density at radius 3 is 2.21 bits per heavy atom. The summed E-state index contributed by atoms with van der Waals surface area (Å²) in [4.78, 5) is 0. The molecule has 1 aromatic rings. The van der Waals surface area contributed by atoms with Gasteiger partial charge in [0.15, 0.2) is 0 Å². The Morgan fingerprint density at radius 2 is 1.93 bits per heavy atom. The fraction of sp³-hybridized carbons (Fsp3) is 0.417. The van der Waals surface area contributed by atoms with Crippen LogP contribution in [0, 0.1) is 23.1 Å². The first kappa shape index (κ1) is 10.7. The molecule has 0 bridgehead atoms. The van der Waals surface area contributed by atoms with Crippen molar-refractivity contribution in [2.75, 3.05) is 0 Å². The Balaban J connectivity index is 0.000000165. The van der Waals surface area contributed by atoms with Crippen LogP contribution in [0.25, 0.3) is 0 Å². The van der Waals surface area contributed by atoms with Gasteiger partial charge in [-0.15, -0.1) is 0 Å². The lowest BCUT2D eigenvalue weighted by atomic mass is 10.2. The van der Waals surface area contributed by atoms with Crippen LogP contribution in [0.3, 0.4) is 0 Å². The van der Waals surface area contributed by atoms with Crippen molar-refractivity contribution >= 4 is 0 Å². The Labute approximate surface area is 84.2 Å². The van der Waals surface area contributed by atoms with E-state index in [0.29, 0.717) is 5.56 Å². The van der Waals surface area contributed by atoms with Gasteiger partial charge in [0.25, 0.3) is 0 Å². The first-order chi connectivity index (χ1) is 6.76. The number of hydrogen-bond donors (Lipinski definition) is 0. The molecule has 0 unspecified atom stereocenters. The summed E-state index contributed by atoms with van der Waals surface area (Å²) in [6.45, 7) is 2.26. The van der Waals surface area contributed by atoms with Crippen LogP contribution < -0.4 is 0 Å². The van der Waals surface area contributed by atoms with Gasteiger partial charge in [-0.25, -0.2) is 4.39 Å². The quantitative estimate of drug-likeness (QED) is 0.666. The number of benzene rings is 1. The molecule has 74 valence electrons. The van der Waals surface area contributed by atoms with Gasteiger partial charge in [0.1, 0.15) is 5.82 Å². The average Bonchev–Trinajstić information content (AvgIpc) is 3.03. The molecule has 0 saturated heterocycles. The highest BCUT2D eigenvalue weighted by Gasteiger charge is 2.17. The molecule has 0 aliphatic heterocycles. The molecule has 1 aliphatic rings. The Morgan fingerprint density at radius 1 is 1.36 bits per heavy atom. The predicted octanol–water partition coefficient (Wildman–Crippen LogP) is 3.50. The molecule has 2 heteroatoms. The first-order valence-corrected chi connectivity index (χ1v) is 4.92. The van der Waals surface area contributed by atoms with Gasteiger partial charge in [-0.05, 0) is 30.2 Å². The maximum Gasteiger partial charge on any atom is 0.123 e. The van der Waals surface area contributed by atoms with E-state index in [1.807, 2.05) is 6.07 Å². The Kier molecular flexibility index (Phi) is 4.12. The van der Waals surface area contributed by atoms with Crippen LogP contribution in [0.1, 0.15) is 31.7 Å². The van der Waals surface area contributed by atoms with E-state index >= 15 is 0 Å². The highest BCUT2D eigenvalue weighted by Crippen LogP contribution is 2.31. The molecule has 0 heterocycles. The van der Waals surface area contributed by atoms with E-state index in [2.05, 4.69) is 6.92 Å². The molecule has 2 rings (SSSR count). The molecule has 1 fully saturated rings. The summed E-state index contributed by atoms with van der Waals surface area (Å²) in [5, 5.41) is 8.26. The number of halogens is 1. The van der Waals surface area contributed by atoms with Gasteiger partial charge in [0.2, 0.25) is 0 Å². The van der Waals surface area contributed by atoms with Crippen LogP contribution >= 0.6 is 0 Å². The predicted molar refractivity (Wildman–Crippen MR) is 54.1 cm³/mol. The third-order valence-corrected chi connectivity index (χ3v) is 2.25. The molecule has 0 aromatic heterocycles. The molecule has 14 heavy (non-hydrogen) atoms. The van der Waals surface area contributed by atoms with Gasteiger partial charge in [-0.2, -0.15) is 5.26 Å². The van der Waals surface area contributed by atoms with E-state index in [9.17, 15) is 4.39 Å².